The highest BCUT2D eigenvalue weighted by Gasteiger charge is 2.32. The molecule has 1 saturated heterocycles. The number of benzene rings is 2. The summed E-state index contributed by atoms with van der Waals surface area (Å²) in [5.41, 5.74) is 0.332. The number of amides is 2. The van der Waals surface area contributed by atoms with Crippen LogP contribution in [-0.2, 0) is 6.18 Å². The highest BCUT2D eigenvalue weighted by Crippen LogP contribution is 2.36. The van der Waals surface area contributed by atoms with Crippen molar-refractivity contribution in [2.75, 3.05) is 55.9 Å². The predicted octanol–water partition coefficient (Wildman–Crippen LogP) is 4.11. The van der Waals surface area contributed by atoms with Crippen molar-refractivity contribution in [1.82, 2.24) is 4.90 Å². The van der Waals surface area contributed by atoms with Gasteiger partial charge in [-0.3, -0.25) is 0 Å². The first-order valence-electron chi connectivity index (χ1n) is 9.13. The second kappa shape index (κ2) is 8.60. The molecule has 0 radical (unpaired) electrons. The van der Waals surface area contributed by atoms with Crippen LogP contribution >= 0.6 is 0 Å². The first-order valence-corrected chi connectivity index (χ1v) is 9.13. The van der Waals surface area contributed by atoms with Crippen molar-refractivity contribution in [3.05, 3.63) is 48.0 Å². The average molecular weight is 408 g/mol. The molecule has 1 aliphatic heterocycles. The molecule has 0 aliphatic carbocycles. The molecule has 1 heterocycles. The van der Waals surface area contributed by atoms with Crippen molar-refractivity contribution in [1.29, 1.82) is 0 Å². The third kappa shape index (κ3) is 5.32. The second-order valence-corrected chi connectivity index (χ2v) is 6.83. The van der Waals surface area contributed by atoms with E-state index in [1.54, 1.807) is 24.3 Å². The topological polar surface area (TPSA) is 56.8 Å². The van der Waals surface area contributed by atoms with Crippen LogP contribution in [0.25, 0.3) is 0 Å². The van der Waals surface area contributed by atoms with Gasteiger partial charge in [0.1, 0.15) is 5.75 Å². The van der Waals surface area contributed by atoms with Crippen LogP contribution in [0.3, 0.4) is 0 Å². The first-order chi connectivity index (χ1) is 13.8. The van der Waals surface area contributed by atoms with E-state index in [1.165, 1.54) is 13.2 Å². The van der Waals surface area contributed by atoms with Crippen molar-refractivity contribution < 1.29 is 22.7 Å². The standard InChI is InChI=1S/C20H23F3N4O2/c1-26-8-10-27(11-9-26)18-7-6-14(20(21,22)23)12-17(18)25-19(28)24-15-4-3-5-16(13-15)29-2/h3-7,12-13H,8-11H2,1-2H3,(H2,24,25,28). The van der Waals surface area contributed by atoms with Crippen molar-refractivity contribution >= 4 is 23.1 Å². The minimum absolute atomic E-state index is 0.116. The number of alkyl halides is 3. The zero-order valence-electron chi connectivity index (χ0n) is 16.2. The molecule has 0 spiro atoms. The summed E-state index contributed by atoms with van der Waals surface area (Å²) in [4.78, 5) is 16.6. The molecule has 156 valence electrons. The van der Waals surface area contributed by atoms with Crippen molar-refractivity contribution in [2.24, 2.45) is 0 Å². The fourth-order valence-electron chi connectivity index (χ4n) is 3.12. The highest BCUT2D eigenvalue weighted by atomic mass is 19.4. The van der Waals surface area contributed by atoms with Gasteiger partial charge in [0.25, 0.3) is 0 Å². The van der Waals surface area contributed by atoms with Gasteiger partial charge in [0, 0.05) is 37.9 Å². The summed E-state index contributed by atoms with van der Waals surface area (Å²) in [5.74, 6) is 0.556. The summed E-state index contributed by atoms with van der Waals surface area (Å²) in [7, 11) is 3.50. The highest BCUT2D eigenvalue weighted by molar-refractivity contribution is 6.02. The maximum atomic E-state index is 13.2. The van der Waals surface area contributed by atoms with Crippen molar-refractivity contribution in [2.45, 2.75) is 6.18 Å². The third-order valence-corrected chi connectivity index (χ3v) is 4.74. The number of carbonyl (C=O) groups excluding carboxylic acids is 1. The number of halogens is 3. The molecule has 29 heavy (non-hydrogen) atoms. The summed E-state index contributed by atoms with van der Waals surface area (Å²) < 4.78 is 44.7. The summed E-state index contributed by atoms with van der Waals surface area (Å²) in [6.07, 6.45) is -4.50. The number of hydrogen-bond acceptors (Lipinski definition) is 4. The molecule has 1 fully saturated rings. The van der Waals surface area contributed by atoms with Crippen LogP contribution in [0, 0.1) is 0 Å². The molecule has 0 bridgehead atoms. The lowest BCUT2D eigenvalue weighted by Gasteiger charge is -2.35. The molecule has 2 aromatic carbocycles. The second-order valence-electron chi connectivity index (χ2n) is 6.83. The quantitative estimate of drug-likeness (QED) is 0.800. The molecule has 2 amide bonds. The average Bonchev–Trinajstić information content (AvgIpc) is 2.68. The Bertz CT molecular complexity index is 865. The molecule has 2 aromatic rings. The Kier molecular flexibility index (Phi) is 6.17. The Morgan fingerprint density at radius 1 is 1.03 bits per heavy atom. The molecule has 0 aromatic heterocycles. The van der Waals surface area contributed by atoms with E-state index in [4.69, 9.17) is 4.74 Å². The molecule has 0 unspecified atom stereocenters. The Labute approximate surface area is 167 Å². The first kappa shape index (κ1) is 20.8. The van der Waals surface area contributed by atoms with E-state index in [-0.39, 0.29) is 5.69 Å². The summed E-state index contributed by atoms with van der Waals surface area (Å²) in [6.45, 7) is 2.90. The molecule has 9 heteroatoms. The Morgan fingerprint density at radius 3 is 2.41 bits per heavy atom. The Hall–Kier alpha value is -2.94. The van der Waals surface area contributed by atoms with Gasteiger partial charge in [0.15, 0.2) is 0 Å². The van der Waals surface area contributed by atoms with Gasteiger partial charge in [-0.1, -0.05) is 6.07 Å². The summed E-state index contributed by atoms with van der Waals surface area (Å²) >= 11 is 0. The molecular formula is C20H23F3N4O2. The molecule has 6 nitrogen and oxygen atoms in total. The molecule has 2 N–H and O–H groups in total. The number of piperazine rings is 1. The Balaban J connectivity index is 1.83. The number of hydrogen-bond donors (Lipinski definition) is 2. The number of nitrogens with one attached hydrogen (secondary N) is 2. The van der Waals surface area contributed by atoms with Gasteiger partial charge < -0.3 is 25.2 Å². The monoisotopic (exact) mass is 408 g/mol. The fraction of sp³-hybridized carbons (Fsp3) is 0.350. The van der Waals surface area contributed by atoms with Gasteiger partial charge in [-0.15, -0.1) is 0 Å². The number of rotatable bonds is 4. The number of urea groups is 1. The van der Waals surface area contributed by atoms with Crippen LogP contribution in [0.5, 0.6) is 5.75 Å². The normalized spacial score (nSPS) is 15.1. The molecular weight excluding hydrogens is 385 g/mol. The number of carbonyl (C=O) groups is 1. The lowest BCUT2D eigenvalue weighted by molar-refractivity contribution is -0.137. The smallest absolute Gasteiger partial charge is 0.416 e. The number of anilines is 3. The summed E-state index contributed by atoms with van der Waals surface area (Å²) in [5, 5.41) is 5.19. The zero-order valence-corrected chi connectivity index (χ0v) is 16.2. The zero-order chi connectivity index (χ0) is 21.0. The number of methoxy groups -OCH3 is 1. The van der Waals surface area contributed by atoms with Gasteiger partial charge in [-0.05, 0) is 37.4 Å². The van der Waals surface area contributed by atoms with Gasteiger partial charge in [-0.25, -0.2) is 4.79 Å². The van der Waals surface area contributed by atoms with E-state index >= 15 is 0 Å². The summed E-state index contributed by atoms with van der Waals surface area (Å²) in [6, 6.07) is 9.50. The van der Waals surface area contributed by atoms with Gasteiger partial charge in [0.05, 0.1) is 24.0 Å². The van der Waals surface area contributed by atoms with Gasteiger partial charge in [-0.2, -0.15) is 13.2 Å². The maximum absolute atomic E-state index is 13.2. The maximum Gasteiger partial charge on any atom is 0.416 e. The fourth-order valence-corrected chi connectivity index (χ4v) is 3.12. The Morgan fingerprint density at radius 2 is 1.76 bits per heavy atom. The van der Waals surface area contributed by atoms with E-state index in [9.17, 15) is 18.0 Å². The van der Waals surface area contributed by atoms with E-state index < -0.39 is 17.8 Å². The number of nitrogens with zero attached hydrogens (tertiary/aromatic N) is 2. The predicted molar refractivity (Wildman–Crippen MR) is 107 cm³/mol. The lowest BCUT2D eigenvalue weighted by atomic mass is 10.1. The van der Waals surface area contributed by atoms with Crippen LogP contribution in [-0.4, -0.2) is 51.3 Å². The van der Waals surface area contributed by atoms with Crippen LogP contribution in [0.2, 0.25) is 0 Å². The van der Waals surface area contributed by atoms with Crippen LogP contribution < -0.4 is 20.3 Å². The van der Waals surface area contributed by atoms with Crippen LogP contribution in [0.15, 0.2) is 42.5 Å². The van der Waals surface area contributed by atoms with Crippen molar-refractivity contribution in [3.8, 4) is 5.75 Å². The number of likely N-dealkylation sites (N-methyl/N-ethyl adjacent to an activating group) is 1. The van der Waals surface area contributed by atoms with E-state index in [0.29, 0.717) is 30.2 Å². The number of ether oxygens (including phenoxy) is 1. The molecule has 1 aliphatic rings. The largest absolute Gasteiger partial charge is 0.497 e. The van der Waals surface area contributed by atoms with E-state index in [1.807, 2.05) is 11.9 Å². The SMILES string of the molecule is COc1cccc(NC(=O)Nc2cc(C(F)(F)F)ccc2N2CCN(C)CC2)c1. The van der Waals surface area contributed by atoms with Crippen LogP contribution in [0.1, 0.15) is 5.56 Å². The van der Waals surface area contributed by atoms with Crippen molar-refractivity contribution in [3.63, 3.8) is 0 Å². The van der Waals surface area contributed by atoms with E-state index in [2.05, 4.69) is 15.5 Å². The minimum atomic E-state index is -4.50. The molecule has 0 saturated carbocycles. The van der Waals surface area contributed by atoms with Gasteiger partial charge >= 0.3 is 12.2 Å². The van der Waals surface area contributed by atoms with Gasteiger partial charge in [0.2, 0.25) is 0 Å². The molecule has 3 rings (SSSR count). The third-order valence-electron chi connectivity index (χ3n) is 4.74. The molecule has 0 atom stereocenters. The minimum Gasteiger partial charge on any atom is -0.497 e. The lowest BCUT2D eigenvalue weighted by Crippen LogP contribution is -2.44. The van der Waals surface area contributed by atoms with E-state index in [0.717, 1.165) is 25.2 Å². The van der Waals surface area contributed by atoms with Crippen LogP contribution in [0.4, 0.5) is 35.0 Å².